The highest BCUT2D eigenvalue weighted by atomic mass is 127. The minimum absolute atomic E-state index is 0.0191. The Labute approximate surface area is 104 Å². The second-order valence-electron chi connectivity index (χ2n) is 2.55. The van der Waals surface area contributed by atoms with Crippen molar-refractivity contribution in [2.75, 3.05) is 0 Å². The average Bonchev–Trinajstić information content (AvgIpc) is 2.03. The first kappa shape index (κ1) is 11.5. The lowest BCUT2D eigenvalue weighted by atomic mass is 10.1. The van der Waals surface area contributed by atoms with Gasteiger partial charge in [0.1, 0.15) is 0 Å². The van der Waals surface area contributed by atoms with Crippen LogP contribution >= 0.6 is 50.1 Å². The summed E-state index contributed by atoms with van der Waals surface area (Å²) in [6.07, 6.45) is 0.321. The minimum Gasteiger partial charge on any atom is -0.281 e. The highest BCUT2D eigenvalue weighted by Gasteiger charge is 2.13. The van der Waals surface area contributed by atoms with Crippen molar-refractivity contribution in [1.29, 1.82) is 0 Å². The lowest BCUT2D eigenvalue weighted by Crippen LogP contribution is -1.97. The quantitative estimate of drug-likeness (QED) is 0.446. The highest BCUT2D eigenvalue weighted by molar-refractivity contribution is 14.1. The van der Waals surface area contributed by atoms with E-state index in [1.165, 1.54) is 0 Å². The van der Waals surface area contributed by atoms with Gasteiger partial charge in [-0.05, 0) is 45.8 Å². The van der Waals surface area contributed by atoms with Gasteiger partial charge in [-0.2, -0.15) is 0 Å². The van der Waals surface area contributed by atoms with Crippen LogP contribution < -0.4 is 0 Å². The zero-order valence-corrected chi connectivity index (χ0v) is 11.1. The van der Waals surface area contributed by atoms with Gasteiger partial charge in [0.05, 0.1) is 0 Å². The first-order valence-corrected chi connectivity index (χ1v) is 6.05. The Balaban J connectivity index is 2.82. The van der Waals surface area contributed by atoms with Crippen LogP contribution in [0.4, 0.5) is 0 Å². The smallest absolute Gasteiger partial charge is 0.223 e. The summed E-state index contributed by atoms with van der Waals surface area (Å²) in [5, 5.41) is -0.318. The largest absolute Gasteiger partial charge is 0.281 e. The molecule has 0 heterocycles. The minimum atomic E-state index is -0.318. The first-order valence-electron chi connectivity index (χ1n) is 3.68. The molecule has 1 aromatic rings. The van der Waals surface area contributed by atoms with Crippen molar-refractivity contribution in [3.05, 3.63) is 33.4 Å². The van der Waals surface area contributed by atoms with Gasteiger partial charge >= 0.3 is 0 Å². The fourth-order valence-corrected chi connectivity index (χ4v) is 3.21. The molecule has 1 nitrogen and oxygen atoms in total. The van der Waals surface area contributed by atoms with Crippen molar-refractivity contribution < 1.29 is 4.79 Å². The van der Waals surface area contributed by atoms with Gasteiger partial charge < -0.3 is 0 Å². The van der Waals surface area contributed by atoms with Crippen LogP contribution in [0.3, 0.4) is 0 Å². The van der Waals surface area contributed by atoms with E-state index in [4.69, 9.17) is 11.6 Å². The van der Waals surface area contributed by atoms with Crippen LogP contribution in [0.5, 0.6) is 0 Å². The number of hydrogen-bond acceptors (Lipinski definition) is 1. The second kappa shape index (κ2) is 5.32. The molecule has 0 amide bonds. The van der Waals surface area contributed by atoms with Gasteiger partial charge in [-0.15, -0.1) is 0 Å². The monoisotopic (exact) mass is 372 g/mol. The molecule has 4 heteroatoms. The molecule has 0 fully saturated rings. The van der Waals surface area contributed by atoms with E-state index >= 15 is 0 Å². The van der Waals surface area contributed by atoms with Gasteiger partial charge in [0.15, 0.2) is 0 Å². The molecule has 0 N–H and O–H groups in total. The summed E-state index contributed by atoms with van der Waals surface area (Å²) in [6, 6.07) is 7.90. The number of alkyl halides is 1. The maximum Gasteiger partial charge on any atom is 0.223 e. The Morgan fingerprint density at radius 1 is 1.54 bits per heavy atom. The molecule has 13 heavy (non-hydrogen) atoms. The number of rotatable bonds is 3. The molecule has 0 aliphatic rings. The van der Waals surface area contributed by atoms with Gasteiger partial charge in [0.25, 0.3) is 0 Å². The standard InChI is InChI=1S/C9H7BrClIO/c10-7(5-9(11)13)6-3-1-2-4-8(6)12/h1-4,7H,5H2. The summed E-state index contributed by atoms with van der Waals surface area (Å²) in [5.41, 5.74) is 1.11. The third-order valence-corrected chi connectivity index (χ3v) is 3.54. The Morgan fingerprint density at radius 2 is 2.15 bits per heavy atom. The molecule has 0 radical (unpaired) electrons. The highest BCUT2D eigenvalue weighted by Crippen LogP contribution is 2.30. The zero-order chi connectivity index (χ0) is 9.84. The van der Waals surface area contributed by atoms with E-state index in [2.05, 4.69) is 38.5 Å². The topological polar surface area (TPSA) is 17.1 Å². The number of benzene rings is 1. The fourth-order valence-electron chi connectivity index (χ4n) is 0.980. The van der Waals surface area contributed by atoms with E-state index in [0.29, 0.717) is 6.42 Å². The maximum atomic E-state index is 10.7. The lowest BCUT2D eigenvalue weighted by molar-refractivity contribution is -0.111. The maximum absolute atomic E-state index is 10.7. The van der Waals surface area contributed by atoms with Crippen LogP contribution in [0.15, 0.2) is 24.3 Å². The molecular weight excluding hydrogens is 366 g/mol. The molecule has 1 unspecified atom stereocenters. The summed E-state index contributed by atoms with van der Waals surface area (Å²) < 4.78 is 1.14. The molecule has 0 bridgehead atoms. The predicted molar refractivity (Wildman–Crippen MR) is 66.3 cm³/mol. The summed E-state index contributed by atoms with van der Waals surface area (Å²) in [6.45, 7) is 0. The van der Waals surface area contributed by atoms with Crippen LogP contribution in [0.25, 0.3) is 0 Å². The van der Waals surface area contributed by atoms with E-state index in [9.17, 15) is 4.79 Å². The summed E-state index contributed by atoms with van der Waals surface area (Å²) in [4.78, 5) is 10.7. The number of hydrogen-bond donors (Lipinski definition) is 0. The zero-order valence-electron chi connectivity index (χ0n) is 6.64. The van der Waals surface area contributed by atoms with Crippen LogP contribution in [0.1, 0.15) is 16.8 Å². The normalized spacial score (nSPS) is 12.5. The van der Waals surface area contributed by atoms with E-state index in [-0.39, 0.29) is 10.1 Å². The Bertz CT molecular complexity index is 316. The van der Waals surface area contributed by atoms with Crippen molar-refractivity contribution in [2.45, 2.75) is 11.2 Å². The predicted octanol–water partition coefficient (Wildman–Crippen LogP) is 3.88. The van der Waals surface area contributed by atoms with Crippen molar-refractivity contribution in [3.63, 3.8) is 0 Å². The van der Waals surface area contributed by atoms with E-state index in [1.54, 1.807) is 0 Å². The molecule has 1 atom stereocenters. The molecule has 70 valence electrons. The Morgan fingerprint density at radius 3 is 2.69 bits per heavy atom. The fraction of sp³-hybridized carbons (Fsp3) is 0.222. The third kappa shape index (κ3) is 3.56. The van der Waals surface area contributed by atoms with Crippen molar-refractivity contribution >= 4 is 55.4 Å². The average molecular weight is 373 g/mol. The molecule has 0 saturated carbocycles. The molecule has 1 aromatic carbocycles. The van der Waals surface area contributed by atoms with Crippen molar-refractivity contribution in [3.8, 4) is 0 Å². The third-order valence-electron chi connectivity index (χ3n) is 1.58. The van der Waals surface area contributed by atoms with Crippen LogP contribution in [-0.4, -0.2) is 5.24 Å². The van der Waals surface area contributed by atoms with E-state index in [1.807, 2.05) is 24.3 Å². The number of carbonyl (C=O) groups is 1. The van der Waals surface area contributed by atoms with Gasteiger partial charge in [-0.1, -0.05) is 34.1 Å². The SMILES string of the molecule is O=C(Cl)CC(Br)c1ccccc1I. The first-order chi connectivity index (χ1) is 6.11. The lowest BCUT2D eigenvalue weighted by Gasteiger charge is -2.08. The molecule has 0 spiro atoms. The van der Waals surface area contributed by atoms with E-state index < -0.39 is 0 Å². The molecule has 1 rings (SSSR count). The summed E-state index contributed by atoms with van der Waals surface area (Å²) in [5.74, 6) is 0. The van der Waals surface area contributed by atoms with Crippen molar-refractivity contribution in [2.24, 2.45) is 0 Å². The molecule has 0 aliphatic heterocycles. The summed E-state index contributed by atoms with van der Waals surface area (Å²) in [7, 11) is 0. The molecule has 0 aliphatic carbocycles. The van der Waals surface area contributed by atoms with Gasteiger partial charge in [-0.25, -0.2) is 0 Å². The molecular formula is C9H7BrClIO. The van der Waals surface area contributed by atoms with Gasteiger partial charge in [0, 0.05) is 14.8 Å². The van der Waals surface area contributed by atoms with Crippen LogP contribution in [-0.2, 0) is 4.79 Å². The molecule has 0 saturated heterocycles. The summed E-state index contributed by atoms with van der Waals surface area (Å²) >= 11 is 11.0. The van der Waals surface area contributed by atoms with Crippen molar-refractivity contribution in [1.82, 2.24) is 0 Å². The molecule has 0 aromatic heterocycles. The van der Waals surface area contributed by atoms with Gasteiger partial charge in [0.2, 0.25) is 5.24 Å². The van der Waals surface area contributed by atoms with E-state index in [0.717, 1.165) is 9.13 Å². The number of carbonyl (C=O) groups excluding carboxylic acids is 1. The number of halogens is 3. The van der Waals surface area contributed by atoms with Crippen LogP contribution in [0, 0.1) is 3.57 Å². The van der Waals surface area contributed by atoms with Crippen LogP contribution in [0.2, 0.25) is 0 Å². The Kier molecular flexibility index (Phi) is 4.69. The Hall–Kier alpha value is 0.390. The van der Waals surface area contributed by atoms with Gasteiger partial charge in [-0.3, -0.25) is 4.79 Å². The second-order valence-corrected chi connectivity index (χ2v) is 5.24.